The number of nitrogens with zero attached hydrogens (tertiary/aromatic N) is 4. The normalized spacial score (nSPS) is 20.4. The Kier molecular flexibility index (Phi) is 8.23. The van der Waals surface area contributed by atoms with Crippen molar-refractivity contribution in [3.63, 3.8) is 0 Å². The molecule has 2 amide bonds. The molecular weight excluding hydrogens is 552 g/mol. The molecule has 1 aromatic heterocycles. The molecule has 1 atom stereocenters. The number of carbonyl (C=O) groups excluding carboxylic acids is 2. The van der Waals surface area contributed by atoms with E-state index in [2.05, 4.69) is 4.98 Å². The van der Waals surface area contributed by atoms with Crippen LogP contribution >= 0.6 is 0 Å². The van der Waals surface area contributed by atoms with Gasteiger partial charge >= 0.3 is 6.18 Å². The number of ether oxygens (including phenoxy) is 1. The monoisotopic (exact) mass is 584 g/mol. The maximum absolute atomic E-state index is 15.3. The van der Waals surface area contributed by atoms with Crippen LogP contribution in [0.1, 0.15) is 42.5 Å². The molecular formula is C31H32F4N4O3. The van der Waals surface area contributed by atoms with Gasteiger partial charge in [0.15, 0.2) is 0 Å². The zero-order valence-corrected chi connectivity index (χ0v) is 23.6. The van der Waals surface area contributed by atoms with Crippen LogP contribution in [0.5, 0.6) is 0 Å². The van der Waals surface area contributed by atoms with Crippen molar-refractivity contribution in [1.82, 2.24) is 4.98 Å². The second-order valence-corrected chi connectivity index (χ2v) is 10.8. The Morgan fingerprint density at radius 1 is 1.07 bits per heavy atom. The third kappa shape index (κ3) is 5.97. The lowest BCUT2D eigenvalue weighted by Crippen LogP contribution is -2.48. The van der Waals surface area contributed by atoms with Crippen LogP contribution in [-0.2, 0) is 27.1 Å². The van der Waals surface area contributed by atoms with Gasteiger partial charge in [0.2, 0.25) is 11.8 Å². The van der Waals surface area contributed by atoms with Gasteiger partial charge in [-0.1, -0.05) is 36.4 Å². The number of aromatic nitrogens is 1. The number of rotatable bonds is 8. The Hall–Kier alpha value is -3.99. The summed E-state index contributed by atoms with van der Waals surface area (Å²) in [5.74, 6) is -1.79. The fourth-order valence-electron chi connectivity index (χ4n) is 5.57. The Morgan fingerprint density at radius 3 is 2.48 bits per heavy atom. The lowest BCUT2D eigenvalue weighted by Gasteiger charge is -2.43. The zero-order valence-electron chi connectivity index (χ0n) is 23.6. The molecule has 2 heterocycles. The van der Waals surface area contributed by atoms with Crippen LogP contribution < -0.4 is 14.7 Å². The van der Waals surface area contributed by atoms with Crippen LogP contribution in [0.2, 0.25) is 0 Å². The number of benzene rings is 2. The van der Waals surface area contributed by atoms with Gasteiger partial charge in [-0.05, 0) is 56.0 Å². The third-order valence-electron chi connectivity index (χ3n) is 7.97. The number of carbonyl (C=O) groups is 2. The van der Waals surface area contributed by atoms with Gasteiger partial charge in [0.05, 0.1) is 29.6 Å². The number of anilines is 3. The second kappa shape index (κ2) is 11.7. The van der Waals surface area contributed by atoms with Crippen molar-refractivity contribution >= 4 is 29.0 Å². The Morgan fingerprint density at radius 2 is 1.79 bits per heavy atom. The standard InChI is InChI=1S/C31H32F4N4O3/c1-19-14-21(31(33,34)35)15-27(36-19)39-26(12-13-28(39)40)30(41)38(3)25-11-7-10-24(32)29(25)37(2)22-16-23(17-22)42-18-20-8-5-4-6-9-20/h4-11,14-15,22-23,26H,12-13,16-18H2,1-3H3. The average molecular weight is 585 g/mol. The van der Waals surface area contributed by atoms with E-state index in [9.17, 15) is 22.8 Å². The van der Waals surface area contributed by atoms with Gasteiger partial charge in [-0.25, -0.2) is 9.37 Å². The molecule has 2 aromatic carbocycles. The molecule has 1 aliphatic carbocycles. The zero-order chi connectivity index (χ0) is 30.2. The fourth-order valence-corrected chi connectivity index (χ4v) is 5.57. The molecule has 7 nitrogen and oxygen atoms in total. The maximum Gasteiger partial charge on any atom is 0.416 e. The summed E-state index contributed by atoms with van der Waals surface area (Å²) in [6, 6.07) is 14.8. The largest absolute Gasteiger partial charge is 0.416 e. The minimum absolute atomic E-state index is 0.0215. The van der Waals surface area contributed by atoms with Gasteiger partial charge in [0, 0.05) is 32.3 Å². The summed E-state index contributed by atoms with van der Waals surface area (Å²) in [6.07, 6.45) is -3.18. The van der Waals surface area contributed by atoms with E-state index in [0.717, 1.165) is 22.6 Å². The summed E-state index contributed by atoms with van der Waals surface area (Å²) in [7, 11) is 3.24. The van der Waals surface area contributed by atoms with Gasteiger partial charge in [-0.15, -0.1) is 0 Å². The highest BCUT2D eigenvalue weighted by Crippen LogP contribution is 2.39. The van der Waals surface area contributed by atoms with Crippen molar-refractivity contribution < 1.29 is 31.9 Å². The smallest absolute Gasteiger partial charge is 0.373 e. The Bertz CT molecular complexity index is 1460. The number of aryl methyl sites for hydroxylation is 1. The maximum atomic E-state index is 15.3. The number of alkyl halides is 3. The molecule has 0 spiro atoms. The molecule has 0 bridgehead atoms. The van der Waals surface area contributed by atoms with Gasteiger partial charge in [-0.3, -0.25) is 14.5 Å². The van der Waals surface area contributed by atoms with Crippen LogP contribution in [0.4, 0.5) is 34.8 Å². The molecule has 1 saturated carbocycles. The highest BCUT2D eigenvalue weighted by molar-refractivity contribution is 6.09. The fraction of sp³-hybridized carbons (Fsp3) is 0.387. The molecule has 2 aliphatic rings. The van der Waals surface area contributed by atoms with Gasteiger partial charge in [-0.2, -0.15) is 13.2 Å². The molecule has 222 valence electrons. The molecule has 0 radical (unpaired) electrons. The Balaban J connectivity index is 1.33. The average Bonchev–Trinajstić information content (AvgIpc) is 3.32. The first kappa shape index (κ1) is 29.5. The van der Waals surface area contributed by atoms with E-state index in [4.69, 9.17) is 4.74 Å². The number of hydrogen-bond acceptors (Lipinski definition) is 5. The van der Waals surface area contributed by atoms with Crippen molar-refractivity contribution in [2.24, 2.45) is 0 Å². The van der Waals surface area contributed by atoms with Crippen molar-refractivity contribution in [2.75, 3.05) is 28.8 Å². The third-order valence-corrected chi connectivity index (χ3v) is 7.97. The first-order valence-electron chi connectivity index (χ1n) is 13.8. The summed E-state index contributed by atoms with van der Waals surface area (Å²) in [5.41, 5.74) is 0.706. The predicted molar refractivity (Wildman–Crippen MR) is 151 cm³/mol. The second-order valence-electron chi connectivity index (χ2n) is 10.8. The van der Waals surface area contributed by atoms with E-state index in [-0.39, 0.29) is 42.2 Å². The van der Waals surface area contributed by atoms with Gasteiger partial charge in [0.25, 0.3) is 0 Å². The number of para-hydroxylation sites is 1. The van der Waals surface area contributed by atoms with Crippen LogP contribution in [0.3, 0.4) is 0 Å². The van der Waals surface area contributed by atoms with Crippen molar-refractivity contribution in [2.45, 2.75) is 63.6 Å². The van der Waals surface area contributed by atoms with Crippen molar-refractivity contribution in [3.8, 4) is 0 Å². The molecule has 5 rings (SSSR count). The lowest BCUT2D eigenvalue weighted by molar-refractivity contribution is -0.137. The molecule has 11 heteroatoms. The molecule has 1 unspecified atom stereocenters. The van der Waals surface area contributed by atoms with E-state index in [1.54, 1.807) is 18.0 Å². The van der Waals surface area contributed by atoms with Crippen molar-refractivity contribution in [3.05, 3.63) is 83.3 Å². The number of likely N-dealkylation sites (N-methyl/N-ethyl adjacent to an activating group) is 1. The van der Waals surface area contributed by atoms with Crippen molar-refractivity contribution in [1.29, 1.82) is 0 Å². The van der Waals surface area contributed by atoms with Gasteiger partial charge in [0.1, 0.15) is 17.7 Å². The van der Waals surface area contributed by atoms with Crippen LogP contribution in [0, 0.1) is 12.7 Å². The minimum Gasteiger partial charge on any atom is -0.373 e. The van der Waals surface area contributed by atoms with E-state index in [1.165, 1.54) is 31.0 Å². The van der Waals surface area contributed by atoms with E-state index >= 15 is 4.39 Å². The summed E-state index contributed by atoms with van der Waals surface area (Å²) in [6.45, 7) is 1.88. The highest BCUT2D eigenvalue weighted by Gasteiger charge is 2.42. The first-order valence-corrected chi connectivity index (χ1v) is 13.8. The van der Waals surface area contributed by atoms with E-state index in [0.29, 0.717) is 25.1 Å². The highest BCUT2D eigenvalue weighted by atomic mass is 19.4. The molecule has 2 fully saturated rings. The van der Waals surface area contributed by atoms with Crippen LogP contribution in [0.25, 0.3) is 0 Å². The topological polar surface area (TPSA) is 66.0 Å². The lowest BCUT2D eigenvalue weighted by atomic mass is 9.87. The first-order chi connectivity index (χ1) is 19.9. The molecule has 0 N–H and O–H groups in total. The summed E-state index contributed by atoms with van der Waals surface area (Å²) in [4.78, 5) is 34.8. The number of halogens is 4. The summed E-state index contributed by atoms with van der Waals surface area (Å²) in [5, 5.41) is 0. The summed E-state index contributed by atoms with van der Waals surface area (Å²) >= 11 is 0. The SMILES string of the molecule is Cc1cc(C(F)(F)F)cc(N2C(=O)CCC2C(=O)N(C)c2cccc(F)c2N(C)C2CC(OCc3ccccc3)C2)n1. The number of hydrogen-bond donors (Lipinski definition) is 0. The van der Waals surface area contributed by atoms with E-state index in [1.807, 2.05) is 30.3 Å². The predicted octanol–water partition coefficient (Wildman–Crippen LogP) is 5.89. The van der Waals surface area contributed by atoms with Crippen LogP contribution in [0.15, 0.2) is 60.7 Å². The number of amides is 2. The number of pyridine rings is 1. The Labute approximate surface area is 241 Å². The molecule has 1 saturated heterocycles. The molecule has 1 aliphatic heterocycles. The molecule has 42 heavy (non-hydrogen) atoms. The van der Waals surface area contributed by atoms with Gasteiger partial charge < -0.3 is 14.5 Å². The van der Waals surface area contributed by atoms with E-state index < -0.39 is 35.4 Å². The van der Waals surface area contributed by atoms with Crippen LogP contribution in [-0.4, -0.2) is 49.1 Å². The molecule has 3 aromatic rings. The quantitative estimate of drug-likeness (QED) is 0.309. The summed E-state index contributed by atoms with van der Waals surface area (Å²) < 4.78 is 61.8. The minimum atomic E-state index is -4.64.